The van der Waals surface area contributed by atoms with Crippen LogP contribution < -0.4 is 5.32 Å². The molecule has 0 spiro atoms. The van der Waals surface area contributed by atoms with Crippen molar-refractivity contribution in [1.29, 1.82) is 0 Å². The normalized spacial score (nSPS) is 19.0. The molecule has 116 valence electrons. The number of rotatable bonds is 4. The molecule has 1 N–H and O–H groups in total. The molecule has 0 saturated carbocycles. The van der Waals surface area contributed by atoms with Crippen molar-refractivity contribution in [3.63, 3.8) is 0 Å². The lowest BCUT2D eigenvalue weighted by atomic mass is 9.97. The first-order valence-electron chi connectivity index (χ1n) is 7.33. The van der Waals surface area contributed by atoms with Crippen LogP contribution in [0.25, 0.3) is 0 Å². The Morgan fingerprint density at radius 1 is 1.45 bits per heavy atom. The second-order valence-electron chi connectivity index (χ2n) is 5.46. The maximum absolute atomic E-state index is 12.3. The lowest BCUT2D eigenvalue weighted by molar-refractivity contribution is -0.121. The van der Waals surface area contributed by atoms with Crippen LogP contribution in [0.4, 0.5) is 5.82 Å². The molecule has 1 aliphatic heterocycles. The smallest absolute Gasteiger partial charge is 0.229 e. The van der Waals surface area contributed by atoms with Gasteiger partial charge in [-0.15, -0.1) is 0 Å². The quantitative estimate of drug-likeness (QED) is 0.938. The van der Waals surface area contributed by atoms with E-state index < -0.39 is 0 Å². The first kappa shape index (κ1) is 15.0. The predicted molar refractivity (Wildman–Crippen MR) is 84.4 cm³/mol. The number of amides is 1. The topological polar surface area (TPSA) is 63.1 Å². The molecule has 2 aromatic heterocycles. The molecule has 1 atom stereocenters. The van der Waals surface area contributed by atoms with E-state index in [1.807, 2.05) is 12.1 Å². The third-order valence-electron chi connectivity index (χ3n) is 3.74. The Labute approximate surface area is 134 Å². The molecule has 0 aliphatic carbocycles. The third kappa shape index (κ3) is 3.84. The monoisotopic (exact) mass is 319 g/mol. The Balaban J connectivity index is 1.57. The van der Waals surface area contributed by atoms with Gasteiger partial charge in [0, 0.05) is 18.9 Å². The zero-order chi connectivity index (χ0) is 15.4. The van der Waals surface area contributed by atoms with Crippen LogP contribution in [0.2, 0.25) is 5.02 Å². The average molecular weight is 320 g/mol. The van der Waals surface area contributed by atoms with Gasteiger partial charge in [0.25, 0.3) is 0 Å². The van der Waals surface area contributed by atoms with Crippen LogP contribution in [-0.2, 0) is 11.5 Å². The van der Waals surface area contributed by atoms with Crippen molar-refractivity contribution in [2.24, 2.45) is 5.92 Å². The van der Waals surface area contributed by atoms with Gasteiger partial charge < -0.3 is 5.32 Å². The molecular weight excluding hydrogens is 302 g/mol. The van der Waals surface area contributed by atoms with E-state index in [2.05, 4.69) is 20.3 Å². The van der Waals surface area contributed by atoms with Gasteiger partial charge in [-0.1, -0.05) is 17.7 Å². The van der Waals surface area contributed by atoms with Crippen molar-refractivity contribution in [2.45, 2.75) is 19.5 Å². The van der Waals surface area contributed by atoms with Crippen LogP contribution in [0.3, 0.4) is 0 Å². The van der Waals surface area contributed by atoms with E-state index in [0.717, 1.165) is 25.9 Å². The highest BCUT2D eigenvalue weighted by Crippen LogP contribution is 2.19. The number of anilines is 1. The number of pyridine rings is 1. The summed E-state index contributed by atoms with van der Waals surface area (Å²) in [6.07, 6.45) is 6.98. The second-order valence-corrected chi connectivity index (χ2v) is 5.90. The van der Waals surface area contributed by atoms with Gasteiger partial charge in [0.05, 0.1) is 23.8 Å². The molecule has 0 bridgehead atoms. The molecule has 0 radical (unpaired) electrons. The van der Waals surface area contributed by atoms with Crippen molar-refractivity contribution in [3.8, 4) is 0 Å². The van der Waals surface area contributed by atoms with E-state index >= 15 is 0 Å². The summed E-state index contributed by atoms with van der Waals surface area (Å²) in [5, 5.41) is 7.69. The molecule has 0 aromatic carbocycles. The fourth-order valence-electron chi connectivity index (χ4n) is 2.68. The van der Waals surface area contributed by atoms with Crippen LogP contribution in [0.15, 0.2) is 36.8 Å². The number of hydrogen-bond acceptors (Lipinski definition) is 4. The predicted octanol–water partition coefficient (Wildman–Crippen LogP) is 2.24. The highest BCUT2D eigenvalue weighted by molar-refractivity contribution is 6.30. The fraction of sp³-hybridized carbons (Fsp3) is 0.400. The minimum atomic E-state index is -0.0261. The Kier molecular flexibility index (Phi) is 4.70. The summed E-state index contributed by atoms with van der Waals surface area (Å²) in [4.78, 5) is 18.7. The molecule has 0 unspecified atom stereocenters. The lowest BCUT2D eigenvalue weighted by Crippen LogP contribution is -2.41. The van der Waals surface area contributed by atoms with E-state index in [-0.39, 0.29) is 11.8 Å². The largest absolute Gasteiger partial charge is 0.310 e. The minimum absolute atomic E-state index is 0.0261. The van der Waals surface area contributed by atoms with Crippen molar-refractivity contribution < 1.29 is 4.79 Å². The standard InChI is InChI=1S/C15H18ClN5O/c16-13-8-18-21(10-13)11-20-7-3-4-12(9-20)15(22)19-14-5-1-2-6-17-14/h1-2,5-6,8,10,12H,3-4,7,9,11H2,(H,17,19,22)/t12-/m0/s1. The first-order chi connectivity index (χ1) is 10.7. The SMILES string of the molecule is O=C(Nc1ccccn1)[C@H]1CCCN(Cn2cc(Cl)cn2)C1. The minimum Gasteiger partial charge on any atom is -0.310 e. The van der Waals surface area contributed by atoms with Gasteiger partial charge in [0.2, 0.25) is 5.91 Å². The van der Waals surface area contributed by atoms with Gasteiger partial charge in [0.15, 0.2) is 0 Å². The van der Waals surface area contributed by atoms with Crippen LogP contribution in [-0.4, -0.2) is 38.7 Å². The molecule has 7 heteroatoms. The van der Waals surface area contributed by atoms with E-state index in [1.165, 1.54) is 0 Å². The fourth-order valence-corrected chi connectivity index (χ4v) is 2.84. The zero-order valence-electron chi connectivity index (χ0n) is 12.2. The molecule has 6 nitrogen and oxygen atoms in total. The number of aromatic nitrogens is 3. The van der Waals surface area contributed by atoms with Gasteiger partial charge in [-0.3, -0.25) is 14.4 Å². The van der Waals surface area contributed by atoms with Crippen LogP contribution in [0.1, 0.15) is 12.8 Å². The number of carbonyl (C=O) groups excluding carboxylic acids is 1. The molecule has 22 heavy (non-hydrogen) atoms. The highest BCUT2D eigenvalue weighted by atomic mass is 35.5. The summed E-state index contributed by atoms with van der Waals surface area (Å²) in [6, 6.07) is 5.48. The summed E-state index contributed by atoms with van der Waals surface area (Å²) in [5.41, 5.74) is 0. The summed E-state index contributed by atoms with van der Waals surface area (Å²) in [7, 11) is 0. The molecule has 3 rings (SSSR count). The Hall–Kier alpha value is -1.92. The van der Waals surface area contributed by atoms with Gasteiger partial charge in [-0.2, -0.15) is 5.10 Å². The molecule has 3 heterocycles. The zero-order valence-corrected chi connectivity index (χ0v) is 12.9. The number of carbonyl (C=O) groups is 1. The van der Waals surface area contributed by atoms with E-state index in [1.54, 1.807) is 29.3 Å². The van der Waals surface area contributed by atoms with Crippen LogP contribution in [0, 0.1) is 5.92 Å². The van der Waals surface area contributed by atoms with Gasteiger partial charge in [0.1, 0.15) is 5.82 Å². The Morgan fingerprint density at radius 3 is 3.09 bits per heavy atom. The van der Waals surface area contributed by atoms with Crippen molar-refractivity contribution in [1.82, 2.24) is 19.7 Å². The van der Waals surface area contributed by atoms with E-state index in [0.29, 0.717) is 17.5 Å². The number of halogens is 1. The summed E-state index contributed by atoms with van der Waals surface area (Å²) in [6.45, 7) is 2.33. The van der Waals surface area contributed by atoms with E-state index in [9.17, 15) is 4.79 Å². The number of nitrogens with one attached hydrogen (secondary N) is 1. The van der Waals surface area contributed by atoms with Crippen molar-refractivity contribution >= 4 is 23.3 Å². The molecular formula is C15H18ClN5O. The average Bonchev–Trinajstić information content (AvgIpc) is 2.93. The maximum atomic E-state index is 12.3. The van der Waals surface area contributed by atoms with Crippen molar-refractivity contribution in [2.75, 3.05) is 18.4 Å². The first-order valence-corrected chi connectivity index (χ1v) is 7.71. The summed E-state index contributed by atoms with van der Waals surface area (Å²) < 4.78 is 1.79. The van der Waals surface area contributed by atoms with Gasteiger partial charge in [-0.25, -0.2) is 4.98 Å². The third-order valence-corrected chi connectivity index (χ3v) is 3.93. The molecule has 2 aromatic rings. The van der Waals surface area contributed by atoms with Crippen LogP contribution >= 0.6 is 11.6 Å². The summed E-state index contributed by atoms with van der Waals surface area (Å²) in [5.74, 6) is 0.604. The highest BCUT2D eigenvalue weighted by Gasteiger charge is 2.26. The molecule has 1 amide bonds. The number of likely N-dealkylation sites (tertiary alicyclic amines) is 1. The second kappa shape index (κ2) is 6.89. The van der Waals surface area contributed by atoms with Gasteiger partial charge in [-0.05, 0) is 31.5 Å². The Bertz CT molecular complexity index is 630. The van der Waals surface area contributed by atoms with Crippen molar-refractivity contribution in [3.05, 3.63) is 41.8 Å². The Morgan fingerprint density at radius 2 is 2.36 bits per heavy atom. The number of nitrogens with zero attached hydrogens (tertiary/aromatic N) is 4. The van der Waals surface area contributed by atoms with E-state index in [4.69, 9.17) is 11.6 Å². The molecule has 1 saturated heterocycles. The molecule has 1 aliphatic rings. The van der Waals surface area contributed by atoms with Crippen LogP contribution in [0.5, 0.6) is 0 Å². The summed E-state index contributed by atoms with van der Waals surface area (Å²) >= 11 is 5.87. The number of hydrogen-bond donors (Lipinski definition) is 1. The molecule has 1 fully saturated rings. The lowest BCUT2D eigenvalue weighted by Gasteiger charge is -2.31. The number of piperidine rings is 1. The maximum Gasteiger partial charge on any atom is 0.229 e. The van der Waals surface area contributed by atoms with Gasteiger partial charge >= 0.3 is 0 Å².